The lowest BCUT2D eigenvalue weighted by Crippen LogP contribution is -2.29. The van der Waals surface area contributed by atoms with Crippen molar-refractivity contribution in [3.8, 4) is 0 Å². The van der Waals surface area contributed by atoms with Crippen LogP contribution in [0.4, 0.5) is 15.8 Å². The first-order chi connectivity index (χ1) is 14.1. The number of para-hydroxylation sites is 1. The molecular formula is C23H23FN2O3S. The van der Waals surface area contributed by atoms with Gasteiger partial charge in [-0.05, 0) is 66.9 Å². The zero-order chi connectivity index (χ0) is 21.9. The van der Waals surface area contributed by atoms with Crippen LogP contribution >= 0.6 is 0 Å². The van der Waals surface area contributed by atoms with Gasteiger partial charge in [-0.1, -0.05) is 30.3 Å². The van der Waals surface area contributed by atoms with Crippen molar-refractivity contribution < 1.29 is 17.6 Å². The molecule has 3 aromatic carbocycles. The van der Waals surface area contributed by atoms with Crippen LogP contribution < -0.4 is 9.62 Å². The van der Waals surface area contributed by atoms with Crippen molar-refractivity contribution in [3.05, 3.63) is 94.8 Å². The first-order valence-corrected chi connectivity index (χ1v) is 11.2. The van der Waals surface area contributed by atoms with Gasteiger partial charge in [-0.15, -0.1) is 0 Å². The molecule has 0 aliphatic carbocycles. The van der Waals surface area contributed by atoms with Crippen LogP contribution in [0.1, 0.15) is 27.0 Å². The first-order valence-electron chi connectivity index (χ1n) is 9.34. The van der Waals surface area contributed by atoms with Gasteiger partial charge in [0.1, 0.15) is 5.82 Å². The standard InChI is InChI=1S/C23H23FN2O3S/c1-16-12-17(2)14-20(13-16)26(30(3,28)29)15-18-8-10-19(11-9-18)23(27)25-22-7-5-4-6-21(22)24/h4-14H,15H2,1-3H3,(H,25,27). The Morgan fingerprint density at radius 2 is 1.57 bits per heavy atom. The maximum atomic E-state index is 13.7. The van der Waals surface area contributed by atoms with Crippen LogP contribution in [0.3, 0.4) is 0 Å². The fourth-order valence-corrected chi connectivity index (χ4v) is 4.05. The Hall–Kier alpha value is -3.19. The van der Waals surface area contributed by atoms with Gasteiger partial charge in [0.2, 0.25) is 10.0 Å². The molecule has 1 amide bonds. The highest BCUT2D eigenvalue weighted by atomic mass is 32.2. The van der Waals surface area contributed by atoms with E-state index in [1.54, 1.807) is 36.4 Å². The van der Waals surface area contributed by atoms with Crippen LogP contribution in [0.25, 0.3) is 0 Å². The Labute approximate surface area is 176 Å². The monoisotopic (exact) mass is 426 g/mol. The van der Waals surface area contributed by atoms with E-state index in [1.807, 2.05) is 32.0 Å². The van der Waals surface area contributed by atoms with Crippen molar-refractivity contribution in [1.29, 1.82) is 0 Å². The molecule has 0 heterocycles. The molecule has 5 nitrogen and oxygen atoms in total. The number of aryl methyl sites for hydroxylation is 2. The number of carbonyl (C=O) groups excluding carboxylic acids is 1. The van der Waals surface area contributed by atoms with Gasteiger partial charge in [0, 0.05) is 5.56 Å². The third-order valence-electron chi connectivity index (χ3n) is 4.56. The SMILES string of the molecule is Cc1cc(C)cc(N(Cc2ccc(C(=O)Nc3ccccc3F)cc2)S(C)(=O)=O)c1. The third-order valence-corrected chi connectivity index (χ3v) is 5.70. The molecule has 156 valence electrons. The fraction of sp³-hybridized carbons (Fsp3) is 0.174. The van der Waals surface area contributed by atoms with E-state index in [0.29, 0.717) is 11.3 Å². The van der Waals surface area contributed by atoms with Gasteiger partial charge in [-0.2, -0.15) is 0 Å². The second-order valence-electron chi connectivity index (χ2n) is 7.25. The van der Waals surface area contributed by atoms with Gasteiger partial charge in [0.15, 0.2) is 0 Å². The molecule has 0 fully saturated rings. The second-order valence-corrected chi connectivity index (χ2v) is 9.15. The van der Waals surface area contributed by atoms with E-state index in [0.717, 1.165) is 16.7 Å². The number of amides is 1. The Morgan fingerprint density at radius 3 is 2.13 bits per heavy atom. The Balaban J connectivity index is 1.80. The molecule has 7 heteroatoms. The van der Waals surface area contributed by atoms with Crippen molar-refractivity contribution in [2.24, 2.45) is 0 Å². The zero-order valence-electron chi connectivity index (χ0n) is 17.0. The summed E-state index contributed by atoms with van der Waals surface area (Å²) in [5.74, 6) is -0.958. The number of anilines is 2. The summed E-state index contributed by atoms with van der Waals surface area (Å²) in [5.41, 5.74) is 3.71. The Kier molecular flexibility index (Phi) is 6.22. The summed E-state index contributed by atoms with van der Waals surface area (Å²) >= 11 is 0. The molecule has 0 unspecified atom stereocenters. The molecule has 0 saturated carbocycles. The van der Waals surface area contributed by atoms with Crippen LogP contribution in [0.5, 0.6) is 0 Å². The van der Waals surface area contributed by atoms with E-state index >= 15 is 0 Å². The molecule has 3 rings (SSSR count). The Bertz CT molecular complexity index is 1160. The van der Waals surface area contributed by atoms with Gasteiger partial charge in [0.05, 0.1) is 24.2 Å². The van der Waals surface area contributed by atoms with E-state index < -0.39 is 21.7 Å². The molecule has 0 radical (unpaired) electrons. The summed E-state index contributed by atoms with van der Waals surface area (Å²) in [5, 5.41) is 2.53. The van der Waals surface area contributed by atoms with Crippen molar-refractivity contribution in [3.63, 3.8) is 0 Å². The van der Waals surface area contributed by atoms with Crippen LogP contribution in [0.15, 0.2) is 66.7 Å². The molecule has 0 aromatic heterocycles. The van der Waals surface area contributed by atoms with Gasteiger partial charge in [-0.25, -0.2) is 12.8 Å². The number of carbonyl (C=O) groups is 1. The Morgan fingerprint density at radius 1 is 0.967 bits per heavy atom. The van der Waals surface area contributed by atoms with Crippen molar-refractivity contribution in [2.75, 3.05) is 15.9 Å². The average Bonchev–Trinajstić information content (AvgIpc) is 2.66. The van der Waals surface area contributed by atoms with Gasteiger partial charge in [0.25, 0.3) is 5.91 Å². The molecule has 1 N–H and O–H groups in total. The molecular weight excluding hydrogens is 403 g/mol. The lowest BCUT2D eigenvalue weighted by molar-refractivity contribution is 0.102. The minimum absolute atomic E-state index is 0.102. The van der Waals surface area contributed by atoms with E-state index in [4.69, 9.17) is 0 Å². The predicted molar refractivity (Wildman–Crippen MR) is 118 cm³/mol. The van der Waals surface area contributed by atoms with Crippen molar-refractivity contribution >= 4 is 27.3 Å². The summed E-state index contributed by atoms with van der Waals surface area (Å²) in [4.78, 5) is 12.4. The number of nitrogens with one attached hydrogen (secondary N) is 1. The highest BCUT2D eigenvalue weighted by Crippen LogP contribution is 2.24. The van der Waals surface area contributed by atoms with Crippen LogP contribution in [0.2, 0.25) is 0 Å². The van der Waals surface area contributed by atoms with E-state index in [-0.39, 0.29) is 12.2 Å². The van der Waals surface area contributed by atoms with Crippen molar-refractivity contribution in [2.45, 2.75) is 20.4 Å². The third kappa shape index (κ3) is 5.24. The summed E-state index contributed by atoms with van der Waals surface area (Å²) in [6, 6.07) is 18.1. The summed E-state index contributed by atoms with van der Waals surface area (Å²) < 4.78 is 39.9. The lowest BCUT2D eigenvalue weighted by atomic mass is 10.1. The minimum atomic E-state index is -3.51. The number of nitrogens with zero attached hydrogens (tertiary/aromatic N) is 1. The topological polar surface area (TPSA) is 66.5 Å². The average molecular weight is 427 g/mol. The maximum Gasteiger partial charge on any atom is 0.255 e. The molecule has 0 aliphatic heterocycles. The molecule has 0 aliphatic rings. The summed E-state index contributed by atoms with van der Waals surface area (Å²) in [6.07, 6.45) is 1.17. The van der Waals surface area contributed by atoms with Gasteiger partial charge >= 0.3 is 0 Å². The number of sulfonamides is 1. The van der Waals surface area contributed by atoms with Crippen LogP contribution in [-0.2, 0) is 16.6 Å². The van der Waals surface area contributed by atoms with Crippen LogP contribution in [-0.4, -0.2) is 20.6 Å². The highest BCUT2D eigenvalue weighted by molar-refractivity contribution is 7.92. The number of hydrogen-bond acceptors (Lipinski definition) is 3. The van der Waals surface area contributed by atoms with E-state index in [9.17, 15) is 17.6 Å². The smallest absolute Gasteiger partial charge is 0.255 e. The normalized spacial score (nSPS) is 11.2. The summed E-state index contributed by atoms with van der Waals surface area (Å²) in [6.45, 7) is 3.97. The first kappa shape index (κ1) is 21.5. The van der Waals surface area contributed by atoms with E-state index in [1.165, 1.54) is 22.7 Å². The molecule has 0 spiro atoms. The molecule has 0 saturated heterocycles. The predicted octanol–water partition coefficient (Wildman–Crippen LogP) is 4.66. The number of halogens is 1. The van der Waals surface area contributed by atoms with Crippen LogP contribution in [0, 0.1) is 19.7 Å². The molecule has 0 bridgehead atoms. The highest BCUT2D eigenvalue weighted by Gasteiger charge is 2.19. The lowest BCUT2D eigenvalue weighted by Gasteiger charge is -2.23. The molecule has 0 atom stereocenters. The number of benzene rings is 3. The fourth-order valence-electron chi connectivity index (χ4n) is 3.18. The number of rotatable bonds is 6. The van der Waals surface area contributed by atoms with Gasteiger partial charge < -0.3 is 5.32 Å². The number of hydrogen-bond donors (Lipinski definition) is 1. The molecule has 3 aromatic rings. The summed E-state index contributed by atoms with van der Waals surface area (Å²) in [7, 11) is -3.51. The van der Waals surface area contributed by atoms with Gasteiger partial charge in [-0.3, -0.25) is 9.10 Å². The minimum Gasteiger partial charge on any atom is -0.319 e. The quantitative estimate of drug-likeness (QED) is 0.623. The van der Waals surface area contributed by atoms with Crippen molar-refractivity contribution in [1.82, 2.24) is 0 Å². The maximum absolute atomic E-state index is 13.7. The zero-order valence-corrected chi connectivity index (χ0v) is 17.8. The van der Waals surface area contributed by atoms with E-state index in [2.05, 4.69) is 5.32 Å². The second kappa shape index (κ2) is 8.67. The molecule has 30 heavy (non-hydrogen) atoms. The largest absolute Gasteiger partial charge is 0.319 e.